The van der Waals surface area contributed by atoms with Crippen molar-refractivity contribution in [2.45, 2.75) is 88.1 Å². The number of rotatable bonds is 9. The number of nitrogens with zero attached hydrogens (tertiary/aromatic N) is 6. The molecule has 11 rings (SSSR count). The van der Waals surface area contributed by atoms with Gasteiger partial charge in [0.2, 0.25) is 0 Å². The Morgan fingerprint density at radius 3 is 2.17 bits per heavy atom. The molecule has 2 N–H and O–H groups in total. The number of benzene rings is 2. The SMILES string of the molecule is CN(C[C@H]1Cc2c(cc(C3CC[C@H](N(C)C[C@@H]4Cc5c(cccc5N5CCOCC5)CN4)c4ncccc43)cc2N2CC3(COC3)C2)CN1)[C@H]1CCCc2cccnc21. The molecule has 0 bridgehead atoms. The van der Waals surface area contributed by atoms with Crippen LogP contribution in [0.5, 0.6) is 0 Å². The van der Waals surface area contributed by atoms with E-state index >= 15 is 0 Å². The highest BCUT2D eigenvalue weighted by molar-refractivity contribution is 5.64. The maximum absolute atomic E-state index is 5.73. The summed E-state index contributed by atoms with van der Waals surface area (Å²) in [6.07, 6.45) is 11.9. The number of fused-ring (bicyclic) bond motifs is 4. The summed E-state index contributed by atoms with van der Waals surface area (Å²) in [5.74, 6) is 0.341. The van der Waals surface area contributed by atoms with Gasteiger partial charge in [-0.25, -0.2) is 0 Å². The van der Waals surface area contributed by atoms with E-state index in [1.54, 1.807) is 5.56 Å². The van der Waals surface area contributed by atoms with E-state index in [0.29, 0.717) is 35.5 Å². The minimum absolute atomic E-state index is 0.303. The summed E-state index contributed by atoms with van der Waals surface area (Å²) < 4.78 is 11.4. The highest BCUT2D eigenvalue weighted by Crippen LogP contribution is 2.47. The number of aryl methyl sites for hydroxylation is 1. The normalized spacial score (nSPS) is 27.1. The molecule has 5 aliphatic heterocycles. The summed E-state index contributed by atoms with van der Waals surface area (Å²) >= 11 is 0. The number of morpholine rings is 1. The minimum Gasteiger partial charge on any atom is -0.380 e. The van der Waals surface area contributed by atoms with Crippen LogP contribution in [0.15, 0.2) is 67.0 Å². The Hall–Kier alpha value is -3.90. The number of nitrogens with one attached hydrogen (secondary N) is 2. The number of hydrogen-bond acceptors (Lipinski definition) is 10. The average Bonchev–Trinajstić information content (AvgIpc) is 3.25. The van der Waals surface area contributed by atoms with Gasteiger partial charge in [-0.2, -0.15) is 0 Å². The molecule has 5 atom stereocenters. The summed E-state index contributed by atoms with van der Waals surface area (Å²) in [7, 11) is 4.65. The van der Waals surface area contributed by atoms with E-state index in [0.717, 1.165) is 111 Å². The topological polar surface area (TPSA) is 81.3 Å². The van der Waals surface area contributed by atoms with Gasteiger partial charge in [0.1, 0.15) is 0 Å². The highest BCUT2D eigenvalue weighted by Gasteiger charge is 2.50. The summed E-state index contributed by atoms with van der Waals surface area (Å²) in [4.78, 5) is 20.4. The Morgan fingerprint density at radius 1 is 0.712 bits per heavy atom. The van der Waals surface area contributed by atoms with E-state index < -0.39 is 0 Å². The summed E-state index contributed by atoms with van der Waals surface area (Å²) in [6.45, 7) is 11.5. The zero-order valence-electron chi connectivity index (χ0n) is 35.2. The van der Waals surface area contributed by atoms with Crippen molar-refractivity contribution in [2.24, 2.45) is 5.41 Å². The Kier molecular flexibility index (Phi) is 10.2. The van der Waals surface area contributed by atoms with Gasteiger partial charge in [-0.1, -0.05) is 30.3 Å². The van der Waals surface area contributed by atoms with Crippen LogP contribution in [-0.2, 0) is 41.8 Å². The van der Waals surface area contributed by atoms with Crippen LogP contribution in [0.25, 0.3) is 0 Å². The molecule has 310 valence electrons. The highest BCUT2D eigenvalue weighted by atomic mass is 16.5. The van der Waals surface area contributed by atoms with Crippen LogP contribution in [0, 0.1) is 5.41 Å². The van der Waals surface area contributed by atoms with Crippen molar-refractivity contribution >= 4 is 11.4 Å². The number of anilines is 2. The van der Waals surface area contributed by atoms with Crippen molar-refractivity contribution in [3.63, 3.8) is 0 Å². The molecule has 3 fully saturated rings. The molecular weight excluding hydrogens is 733 g/mol. The minimum atomic E-state index is 0.303. The number of aromatic nitrogens is 2. The fourth-order valence-corrected chi connectivity index (χ4v) is 12.0. The van der Waals surface area contributed by atoms with Gasteiger partial charge in [-0.3, -0.25) is 19.8 Å². The van der Waals surface area contributed by atoms with Crippen molar-refractivity contribution in [2.75, 3.05) is 89.6 Å². The van der Waals surface area contributed by atoms with Crippen LogP contribution < -0.4 is 20.4 Å². The Labute approximate surface area is 350 Å². The maximum atomic E-state index is 5.73. The van der Waals surface area contributed by atoms with E-state index in [-0.39, 0.29) is 0 Å². The molecule has 0 radical (unpaired) electrons. The Morgan fingerprint density at radius 2 is 1.41 bits per heavy atom. The Bertz CT molecular complexity index is 2160. The van der Waals surface area contributed by atoms with E-state index in [1.165, 1.54) is 69.0 Å². The second kappa shape index (κ2) is 15.9. The molecule has 7 heterocycles. The van der Waals surface area contributed by atoms with E-state index in [2.05, 4.69) is 98.9 Å². The maximum Gasteiger partial charge on any atom is 0.0642 e. The number of ether oxygens (including phenoxy) is 2. The van der Waals surface area contributed by atoms with Crippen LogP contribution >= 0.6 is 0 Å². The number of likely N-dealkylation sites (N-methyl/N-ethyl adjacent to an activating group) is 2. The third-order valence-corrected chi connectivity index (χ3v) is 15.2. The molecule has 2 aromatic carbocycles. The summed E-state index contributed by atoms with van der Waals surface area (Å²) in [5.41, 5.74) is 16.1. The molecule has 2 aromatic heterocycles. The Balaban J connectivity index is 0.827. The van der Waals surface area contributed by atoms with E-state index in [1.807, 2.05) is 12.4 Å². The third-order valence-electron chi connectivity index (χ3n) is 15.2. The van der Waals surface area contributed by atoms with Crippen molar-refractivity contribution in [1.82, 2.24) is 30.4 Å². The lowest BCUT2D eigenvalue weighted by atomic mass is 9.75. The lowest BCUT2D eigenvalue weighted by Crippen LogP contribution is -2.66. The number of hydrogen-bond donors (Lipinski definition) is 2. The van der Waals surface area contributed by atoms with Crippen LogP contribution in [0.3, 0.4) is 0 Å². The van der Waals surface area contributed by atoms with Gasteiger partial charge in [0.05, 0.1) is 55.3 Å². The molecular formula is C49H62N8O2. The standard InChI is InChI=1S/C49H62N8O2/c1-54(44-12-3-7-33-9-5-15-50-47(33)44)27-38-24-42-36(26-53-38)21-35(22-46(42)57-29-49(30-57)31-59-32-49)39-13-14-45(48-40(39)10-6-16-51-48)55(2)28-37-23-41-34(25-52-37)8-4-11-43(41)56-17-19-58-20-18-56/h4-6,8-11,15-16,21-22,37-39,44-45,52-53H,3,7,12-14,17-20,23-32H2,1-2H3/t37-,38+,39?,44-,45-/m0/s1. The molecule has 0 saturated carbocycles. The molecule has 10 heteroatoms. The fraction of sp³-hybridized carbons (Fsp3) is 0.551. The summed E-state index contributed by atoms with van der Waals surface area (Å²) in [5, 5.41) is 7.92. The van der Waals surface area contributed by atoms with Crippen LogP contribution in [0.2, 0.25) is 0 Å². The van der Waals surface area contributed by atoms with Gasteiger partial charge in [0.15, 0.2) is 0 Å². The molecule has 1 unspecified atom stereocenters. The molecule has 7 aliphatic rings. The van der Waals surface area contributed by atoms with E-state index in [9.17, 15) is 0 Å². The first-order valence-corrected chi connectivity index (χ1v) is 22.7. The van der Waals surface area contributed by atoms with Gasteiger partial charge >= 0.3 is 0 Å². The first-order valence-electron chi connectivity index (χ1n) is 22.7. The lowest BCUT2D eigenvalue weighted by Gasteiger charge is -2.56. The van der Waals surface area contributed by atoms with Crippen LogP contribution in [0.1, 0.15) is 94.0 Å². The second-order valence-corrected chi connectivity index (χ2v) is 19.1. The largest absolute Gasteiger partial charge is 0.380 e. The molecule has 4 aromatic rings. The van der Waals surface area contributed by atoms with Crippen molar-refractivity contribution in [1.29, 1.82) is 0 Å². The van der Waals surface area contributed by atoms with Crippen molar-refractivity contribution in [3.05, 3.63) is 117 Å². The van der Waals surface area contributed by atoms with Crippen LogP contribution in [-0.4, -0.2) is 112 Å². The van der Waals surface area contributed by atoms with Gasteiger partial charge in [0, 0.05) is 94.1 Å². The van der Waals surface area contributed by atoms with Gasteiger partial charge < -0.3 is 29.9 Å². The zero-order valence-corrected chi connectivity index (χ0v) is 35.2. The average molecular weight is 795 g/mol. The van der Waals surface area contributed by atoms with Gasteiger partial charge in [-0.05, 0) is 122 Å². The number of pyridine rings is 2. The third kappa shape index (κ3) is 7.17. The molecule has 10 nitrogen and oxygen atoms in total. The summed E-state index contributed by atoms with van der Waals surface area (Å²) in [6, 6.07) is 22.5. The van der Waals surface area contributed by atoms with Crippen molar-refractivity contribution in [3.8, 4) is 0 Å². The molecule has 3 saturated heterocycles. The predicted octanol–water partition coefficient (Wildman–Crippen LogP) is 5.79. The second-order valence-electron chi connectivity index (χ2n) is 19.1. The van der Waals surface area contributed by atoms with Crippen molar-refractivity contribution < 1.29 is 9.47 Å². The fourth-order valence-electron chi connectivity index (χ4n) is 12.0. The molecule has 0 amide bonds. The molecule has 2 aliphatic carbocycles. The van der Waals surface area contributed by atoms with E-state index in [4.69, 9.17) is 19.4 Å². The zero-order chi connectivity index (χ0) is 39.5. The van der Waals surface area contributed by atoms with Crippen LogP contribution in [0.4, 0.5) is 11.4 Å². The first kappa shape index (κ1) is 38.1. The first-order chi connectivity index (χ1) is 29.0. The quantitative estimate of drug-likeness (QED) is 0.218. The van der Waals surface area contributed by atoms with Gasteiger partial charge in [0.25, 0.3) is 0 Å². The lowest BCUT2D eigenvalue weighted by molar-refractivity contribution is -0.127. The molecule has 59 heavy (non-hydrogen) atoms. The smallest absolute Gasteiger partial charge is 0.0642 e. The van der Waals surface area contributed by atoms with Gasteiger partial charge in [-0.15, -0.1) is 0 Å². The predicted molar refractivity (Wildman–Crippen MR) is 233 cm³/mol. The monoisotopic (exact) mass is 794 g/mol. The molecule has 1 spiro atoms.